The van der Waals surface area contributed by atoms with Crippen LogP contribution < -0.4 is 10.7 Å². The minimum Gasteiger partial charge on any atom is -0.375 e. The first-order valence-corrected chi connectivity index (χ1v) is 10.0. The number of amides is 1. The molecule has 2 aromatic rings. The predicted octanol–water partition coefficient (Wildman–Crippen LogP) is 5.69. The van der Waals surface area contributed by atoms with Gasteiger partial charge in [-0.25, -0.2) is 5.43 Å². The van der Waals surface area contributed by atoms with Crippen molar-refractivity contribution >= 4 is 81.0 Å². The van der Waals surface area contributed by atoms with Crippen molar-refractivity contribution in [1.82, 2.24) is 5.43 Å². The molecule has 0 aliphatic rings. The number of benzene rings is 2. The Bertz CT molecular complexity index is 776. The van der Waals surface area contributed by atoms with Crippen LogP contribution in [0.25, 0.3) is 0 Å². The lowest BCUT2D eigenvalue weighted by Crippen LogP contribution is -2.26. The smallest absolute Gasteiger partial charge is 0.259 e. The van der Waals surface area contributed by atoms with E-state index in [1.807, 2.05) is 43.3 Å². The summed E-state index contributed by atoms with van der Waals surface area (Å²) in [5.74, 6) is -0.225. The first-order chi connectivity index (χ1) is 11.4. The van der Waals surface area contributed by atoms with Gasteiger partial charge in [-0.05, 0) is 84.5 Å². The van der Waals surface area contributed by atoms with Crippen molar-refractivity contribution < 1.29 is 4.79 Å². The minimum atomic E-state index is -0.225. The summed E-state index contributed by atoms with van der Waals surface area (Å²) in [6.45, 7) is 1.96. The average molecular weight is 583 g/mol. The molecule has 0 heterocycles. The summed E-state index contributed by atoms with van der Waals surface area (Å²) >= 11 is 13.7. The van der Waals surface area contributed by atoms with Crippen LogP contribution in [0.5, 0.6) is 0 Å². The Morgan fingerprint density at radius 3 is 2.29 bits per heavy atom. The quantitative estimate of drug-likeness (QED) is 0.270. The summed E-state index contributed by atoms with van der Waals surface area (Å²) in [6.07, 6.45) is 0. The zero-order chi connectivity index (χ0) is 17.7. The van der Waals surface area contributed by atoms with Gasteiger partial charge in [-0.3, -0.25) is 4.79 Å². The Morgan fingerprint density at radius 2 is 1.62 bits per heavy atom. The zero-order valence-corrected chi connectivity index (χ0v) is 18.9. The second-order valence-corrected chi connectivity index (χ2v) is 8.32. The van der Waals surface area contributed by atoms with E-state index in [1.165, 1.54) is 0 Å². The molecular weight excluding hydrogens is 570 g/mol. The maximum Gasteiger partial charge on any atom is 0.259 e. The fourth-order valence-corrected chi connectivity index (χ4v) is 3.52. The van der Waals surface area contributed by atoms with Crippen LogP contribution in [0.3, 0.4) is 0 Å². The molecule has 0 radical (unpaired) electrons. The van der Waals surface area contributed by atoms with Crippen molar-refractivity contribution in [2.24, 2.45) is 5.10 Å². The number of nitrogens with zero attached hydrogens (tertiary/aromatic N) is 1. The van der Waals surface area contributed by atoms with E-state index in [0.717, 1.165) is 34.9 Å². The summed E-state index contributed by atoms with van der Waals surface area (Å²) in [4.78, 5) is 11.9. The lowest BCUT2D eigenvalue weighted by atomic mass is 10.1. The fourth-order valence-electron chi connectivity index (χ4n) is 1.77. The van der Waals surface area contributed by atoms with E-state index < -0.39 is 0 Å². The van der Waals surface area contributed by atoms with Crippen LogP contribution in [0.1, 0.15) is 12.5 Å². The van der Waals surface area contributed by atoms with Gasteiger partial charge in [0.25, 0.3) is 5.91 Å². The van der Waals surface area contributed by atoms with Crippen LogP contribution in [0, 0.1) is 0 Å². The second kappa shape index (κ2) is 9.12. The van der Waals surface area contributed by atoms with E-state index in [1.54, 1.807) is 0 Å². The number of halogens is 4. The molecule has 0 fully saturated rings. The number of rotatable bonds is 5. The van der Waals surface area contributed by atoms with Crippen molar-refractivity contribution in [3.05, 3.63) is 59.9 Å². The normalized spacial score (nSPS) is 11.3. The topological polar surface area (TPSA) is 53.5 Å². The number of hydrogen-bond acceptors (Lipinski definition) is 3. The van der Waals surface area contributed by atoms with Crippen molar-refractivity contribution in [1.29, 1.82) is 0 Å². The highest BCUT2D eigenvalue weighted by atomic mass is 79.9. The van der Waals surface area contributed by atoms with Crippen molar-refractivity contribution in [3.63, 3.8) is 0 Å². The van der Waals surface area contributed by atoms with Gasteiger partial charge in [-0.2, -0.15) is 5.10 Å². The van der Waals surface area contributed by atoms with E-state index >= 15 is 0 Å². The summed E-state index contributed by atoms with van der Waals surface area (Å²) in [6, 6.07) is 11.5. The van der Waals surface area contributed by atoms with Gasteiger partial charge >= 0.3 is 0 Å². The number of hydrazone groups is 1. The summed E-state index contributed by atoms with van der Waals surface area (Å²) in [5.41, 5.74) is 5.05. The Balaban J connectivity index is 1.93. The maximum atomic E-state index is 11.9. The highest BCUT2D eigenvalue weighted by molar-refractivity contribution is 9.13. The first kappa shape index (κ1) is 19.6. The molecule has 0 aliphatic heterocycles. The maximum absolute atomic E-state index is 11.9. The predicted molar refractivity (Wildman–Crippen MR) is 113 cm³/mol. The fraction of sp³-hybridized carbons (Fsp3) is 0.125. The van der Waals surface area contributed by atoms with Gasteiger partial charge in [0.2, 0.25) is 0 Å². The van der Waals surface area contributed by atoms with E-state index in [0.29, 0.717) is 0 Å². The zero-order valence-electron chi connectivity index (χ0n) is 12.5. The molecule has 8 heteroatoms. The van der Waals surface area contributed by atoms with Gasteiger partial charge in [0.05, 0.1) is 17.9 Å². The van der Waals surface area contributed by atoms with Crippen LogP contribution in [-0.4, -0.2) is 18.2 Å². The highest BCUT2D eigenvalue weighted by Gasteiger charge is 2.07. The lowest BCUT2D eigenvalue weighted by Gasteiger charge is -2.09. The first-order valence-electron chi connectivity index (χ1n) is 6.84. The van der Waals surface area contributed by atoms with Gasteiger partial charge < -0.3 is 5.32 Å². The van der Waals surface area contributed by atoms with Gasteiger partial charge in [0, 0.05) is 17.9 Å². The largest absolute Gasteiger partial charge is 0.375 e. The Hall–Kier alpha value is -0.700. The van der Waals surface area contributed by atoms with Crippen LogP contribution >= 0.6 is 63.7 Å². The standard InChI is InChI=1S/C16H13Br4N3O/c1-9(10-2-4-11(17)5-3-10)22-23-16(24)8-21-15-7-13(19)12(18)6-14(15)20/h2-7,21H,8H2,1H3,(H,23,24)/b22-9-. The van der Waals surface area contributed by atoms with Crippen LogP contribution in [0.4, 0.5) is 5.69 Å². The molecule has 4 nitrogen and oxygen atoms in total. The lowest BCUT2D eigenvalue weighted by molar-refractivity contribution is -0.119. The Labute approximate surface area is 174 Å². The van der Waals surface area contributed by atoms with Gasteiger partial charge in [-0.15, -0.1) is 0 Å². The van der Waals surface area contributed by atoms with E-state index in [-0.39, 0.29) is 12.5 Å². The van der Waals surface area contributed by atoms with Crippen molar-refractivity contribution in [3.8, 4) is 0 Å². The van der Waals surface area contributed by atoms with E-state index in [9.17, 15) is 4.79 Å². The molecule has 0 spiro atoms. The molecular formula is C16H13Br4N3O. The molecule has 0 aromatic heterocycles. The molecule has 0 unspecified atom stereocenters. The Kier molecular flexibility index (Phi) is 7.46. The van der Waals surface area contributed by atoms with E-state index in [2.05, 4.69) is 79.6 Å². The van der Waals surface area contributed by atoms with Crippen LogP contribution in [0.15, 0.2) is 59.4 Å². The average Bonchev–Trinajstić information content (AvgIpc) is 2.55. The van der Waals surface area contributed by atoms with Gasteiger partial charge in [0.1, 0.15) is 0 Å². The summed E-state index contributed by atoms with van der Waals surface area (Å²) in [7, 11) is 0. The number of hydrogen-bond donors (Lipinski definition) is 2. The molecule has 24 heavy (non-hydrogen) atoms. The van der Waals surface area contributed by atoms with E-state index in [4.69, 9.17) is 0 Å². The number of carbonyl (C=O) groups is 1. The monoisotopic (exact) mass is 579 g/mol. The van der Waals surface area contributed by atoms with Gasteiger partial charge in [0.15, 0.2) is 0 Å². The van der Waals surface area contributed by atoms with Gasteiger partial charge in [-0.1, -0.05) is 28.1 Å². The van der Waals surface area contributed by atoms with Crippen LogP contribution in [-0.2, 0) is 4.79 Å². The molecule has 0 saturated carbocycles. The van der Waals surface area contributed by atoms with Crippen LogP contribution in [0.2, 0.25) is 0 Å². The number of nitrogens with one attached hydrogen (secondary N) is 2. The third-order valence-electron chi connectivity index (χ3n) is 3.06. The van der Waals surface area contributed by atoms with Crippen molar-refractivity contribution in [2.45, 2.75) is 6.92 Å². The number of carbonyl (C=O) groups excluding carboxylic acids is 1. The third kappa shape index (κ3) is 5.68. The molecule has 1 amide bonds. The number of anilines is 1. The minimum absolute atomic E-state index is 0.115. The molecule has 0 saturated heterocycles. The Morgan fingerprint density at radius 1 is 1.00 bits per heavy atom. The molecule has 2 N–H and O–H groups in total. The second-order valence-electron chi connectivity index (χ2n) is 4.84. The highest BCUT2D eigenvalue weighted by Crippen LogP contribution is 2.32. The molecule has 0 atom stereocenters. The molecule has 126 valence electrons. The molecule has 0 aliphatic carbocycles. The molecule has 0 bridgehead atoms. The van der Waals surface area contributed by atoms with Crippen molar-refractivity contribution in [2.75, 3.05) is 11.9 Å². The molecule has 2 aromatic carbocycles. The summed E-state index contributed by atoms with van der Waals surface area (Å²) < 4.78 is 3.69. The summed E-state index contributed by atoms with van der Waals surface area (Å²) in [5, 5.41) is 7.19. The molecule has 2 rings (SSSR count). The third-order valence-corrected chi connectivity index (χ3v) is 6.09. The SMILES string of the molecule is C/C(=N/NC(=O)CNc1cc(Br)c(Br)cc1Br)c1ccc(Br)cc1.